The largest absolute Gasteiger partial charge is 0.370 e. The lowest BCUT2D eigenvalue weighted by Gasteiger charge is -2.26. The average molecular weight is 344 g/mol. The van der Waals surface area contributed by atoms with Gasteiger partial charge in [-0.1, -0.05) is 30.3 Å². The Kier molecular flexibility index (Phi) is 5.60. The van der Waals surface area contributed by atoms with Gasteiger partial charge in [-0.3, -0.25) is 9.89 Å². The van der Waals surface area contributed by atoms with Gasteiger partial charge in [-0.15, -0.1) is 0 Å². The van der Waals surface area contributed by atoms with Gasteiger partial charge < -0.3 is 11.1 Å². The summed E-state index contributed by atoms with van der Waals surface area (Å²) in [5, 5.41) is 2.64. The highest BCUT2D eigenvalue weighted by atomic mass is 19.1. The first-order valence-electron chi connectivity index (χ1n) is 8.44. The molecule has 2 aromatic rings. The molecule has 0 aromatic heterocycles. The molecule has 0 saturated carbocycles. The summed E-state index contributed by atoms with van der Waals surface area (Å²) in [6.45, 7) is 2.52. The van der Waals surface area contributed by atoms with Crippen molar-refractivity contribution < 1.29 is 8.78 Å². The Balaban J connectivity index is 1.73. The number of nitrogens with zero attached hydrogens (tertiary/aromatic N) is 2. The van der Waals surface area contributed by atoms with Crippen LogP contribution < -0.4 is 11.1 Å². The van der Waals surface area contributed by atoms with E-state index >= 15 is 0 Å². The zero-order valence-corrected chi connectivity index (χ0v) is 14.0. The second-order valence-electron chi connectivity index (χ2n) is 6.14. The zero-order chi connectivity index (χ0) is 17.6. The SMILES string of the molecule is NC(=NCC(c1ccccc1)N1CCCC1)Nc1cc(F)ccc1F. The highest BCUT2D eigenvalue weighted by molar-refractivity contribution is 5.92. The standard InChI is InChI=1S/C19H22F2N4/c20-15-8-9-16(21)17(12-15)24-19(22)23-13-18(25-10-4-5-11-25)14-6-2-1-3-7-14/h1-3,6-9,12,18H,4-5,10-11,13H2,(H3,22,23,24). The van der Waals surface area contributed by atoms with E-state index in [0.717, 1.165) is 31.3 Å². The number of likely N-dealkylation sites (tertiary alicyclic amines) is 1. The summed E-state index contributed by atoms with van der Waals surface area (Å²) in [4.78, 5) is 6.75. The van der Waals surface area contributed by atoms with Crippen molar-refractivity contribution in [3.63, 3.8) is 0 Å². The Morgan fingerprint density at radius 1 is 1.12 bits per heavy atom. The minimum atomic E-state index is -0.571. The summed E-state index contributed by atoms with van der Waals surface area (Å²) in [6, 6.07) is 13.5. The molecule has 4 nitrogen and oxygen atoms in total. The quantitative estimate of drug-likeness (QED) is 0.644. The molecule has 3 rings (SSSR count). The second kappa shape index (κ2) is 8.07. The monoisotopic (exact) mass is 344 g/mol. The fraction of sp³-hybridized carbons (Fsp3) is 0.316. The Morgan fingerprint density at radius 3 is 2.56 bits per heavy atom. The smallest absolute Gasteiger partial charge is 0.193 e. The lowest BCUT2D eigenvalue weighted by molar-refractivity contribution is 0.252. The maximum atomic E-state index is 13.7. The van der Waals surface area contributed by atoms with Crippen LogP contribution in [0.2, 0.25) is 0 Å². The molecule has 3 N–H and O–H groups in total. The maximum absolute atomic E-state index is 13.7. The van der Waals surface area contributed by atoms with Gasteiger partial charge in [0.1, 0.15) is 11.6 Å². The van der Waals surface area contributed by atoms with Crippen molar-refractivity contribution in [3.05, 3.63) is 65.7 Å². The van der Waals surface area contributed by atoms with Crippen LogP contribution in [0.4, 0.5) is 14.5 Å². The van der Waals surface area contributed by atoms with Crippen LogP contribution in [-0.4, -0.2) is 30.5 Å². The van der Waals surface area contributed by atoms with E-state index in [9.17, 15) is 8.78 Å². The third-order valence-corrected chi connectivity index (χ3v) is 4.39. The lowest BCUT2D eigenvalue weighted by atomic mass is 10.1. The topological polar surface area (TPSA) is 53.6 Å². The zero-order valence-electron chi connectivity index (χ0n) is 14.0. The van der Waals surface area contributed by atoms with Gasteiger partial charge in [0.25, 0.3) is 0 Å². The van der Waals surface area contributed by atoms with Crippen molar-refractivity contribution in [2.24, 2.45) is 10.7 Å². The molecule has 0 amide bonds. The molecule has 1 atom stereocenters. The van der Waals surface area contributed by atoms with Crippen LogP contribution in [-0.2, 0) is 0 Å². The Labute approximate surface area is 146 Å². The predicted molar refractivity (Wildman–Crippen MR) is 96.5 cm³/mol. The maximum Gasteiger partial charge on any atom is 0.193 e. The first-order valence-corrected chi connectivity index (χ1v) is 8.44. The first-order chi connectivity index (χ1) is 12.1. The average Bonchev–Trinajstić information content (AvgIpc) is 3.14. The van der Waals surface area contributed by atoms with Crippen LogP contribution in [0.5, 0.6) is 0 Å². The van der Waals surface area contributed by atoms with Crippen LogP contribution in [0, 0.1) is 11.6 Å². The summed E-state index contributed by atoms with van der Waals surface area (Å²) < 4.78 is 26.9. The molecule has 0 aliphatic carbocycles. The molecular formula is C19H22F2N4. The van der Waals surface area contributed by atoms with E-state index in [4.69, 9.17) is 5.73 Å². The van der Waals surface area contributed by atoms with E-state index in [0.29, 0.717) is 6.54 Å². The molecule has 2 aromatic carbocycles. The highest BCUT2D eigenvalue weighted by Gasteiger charge is 2.23. The number of hydrogen-bond acceptors (Lipinski definition) is 2. The van der Waals surface area contributed by atoms with Gasteiger partial charge >= 0.3 is 0 Å². The molecule has 1 saturated heterocycles. The molecule has 1 heterocycles. The van der Waals surface area contributed by atoms with Crippen LogP contribution in [0.3, 0.4) is 0 Å². The van der Waals surface area contributed by atoms with Gasteiger partial charge in [0.15, 0.2) is 5.96 Å². The van der Waals surface area contributed by atoms with E-state index in [1.807, 2.05) is 18.2 Å². The van der Waals surface area contributed by atoms with Gasteiger partial charge in [-0.25, -0.2) is 8.78 Å². The molecule has 0 bridgehead atoms. The molecule has 1 aliphatic rings. The molecular weight excluding hydrogens is 322 g/mol. The minimum absolute atomic E-state index is 0.0151. The fourth-order valence-corrected chi connectivity index (χ4v) is 3.12. The number of aliphatic imine (C=N–C) groups is 1. The molecule has 6 heteroatoms. The van der Waals surface area contributed by atoms with Crippen LogP contribution in [0.25, 0.3) is 0 Å². The summed E-state index contributed by atoms with van der Waals surface area (Å²) in [6.07, 6.45) is 2.35. The van der Waals surface area contributed by atoms with Crippen molar-refractivity contribution in [3.8, 4) is 0 Å². The summed E-state index contributed by atoms with van der Waals surface area (Å²) in [7, 11) is 0. The Morgan fingerprint density at radius 2 is 1.84 bits per heavy atom. The van der Waals surface area contributed by atoms with Gasteiger partial charge in [-0.2, -0.15) is 0 Å². The number of rotatable bonds is 5. The summed E-state index contributed by atoms with van der Waals surface area (Å²) in [5.74, 6) is -1.03. The summed E-state index contributed by atoms with van der Waals surface area (Å²) in [5.41, 5.74) is 7.04. The van der Waals surface area contributed by atoms with Crippen molar-refractivity contribution in [2.75, 3.05) is 25.0 Å². The number of benzene rings is 2. The third-order valence-electron chi connectivity index (χ3n) is 4.39. The lowest BCUT2D eigenvalue weighted by Crippen LogP contribution is -2.30. The van der Waals surface area contributed by atoms with E-state index < -0.39 is 11.6 Å². The molecule has 1 unspecified atom stereocenters. The van der Waals surface area contributed by atoms with E-state index in [1.54, 1.807) is 0 Å². The van der Waals surface area contributed by atoms with Gasteiger partial charge in [0, 0.05) is 6.07 Å². The molecule has 1 aliphatic heterocycles. The number of anilines is 1. The van der Waals surface area contributed by atoms with Crippen molar-refractivity contribution in [2.45, 2.75) is 18.9 Å². The highest BCUT2D eigenvalue weighted by Crippen LogP contribution is 2.25. The van der Waals surface area contributed by atoms with E-state index in [1.165, 1.54) is 18.4 Å². The van der Waals surface area contributed by atoms with Crippen LogP contribution >= 0.6 is 0 Å². The van der Waals surface area contributed by atoms with Gasteiger partial charge in [-0.05, 0) is 43.6 Å². The van der Waals surface area contributed by atoms with E-state index in [-0.39, 0.29) is 17.7 Å². The van der Waals surface area contributed by atoms with Crippen molar-refractivity contribution >= 4 is 11.6 Å². The summed E-state index contributed by atoms with van der Waals surface area (Å²) >= 11 is 0. The molecule has 0 spiro atoms. The van der Waals surface area contributed by atoms with Crippen LogP contribution in [0.1, 0.15) is 24.4 Å². The Bertz CT molecular complexity index is 727. The third kappa shape index (κ3) is 4.54. The number of nitrogens with one attached hydrogen (secondary N) is 1. The normalized spacial score (nSPS) is 16.8. The van der Waals surface area contributed by atoms with Gasteiger partial charge in [0.2, 0.25) is 0 Å². The van der Waals surface area contributed by atoms with Crippen molar-refractivity contribution in [1.29, 1.82) is 0 Å². The predicted octanol–water partition coefficient (Wildman–Crippen LogP) is 3.53. The first kappa shape index (κ1) is 17.4. The number of nitrogens with two attached hydrogens (primary N) is 1. The van der Waals surface area contributed by atoms with Crippen LogP contribution in [0.15, 0.2) is 53.5 Å². The van der Waals surface area contributed by atoms with Crippen molar-refractivity contribution in [1.82, 2.24) is 4.90 Å². The van der Waals surface area contributed by atoms with E-state index in [2.05, 4.69) is 27.3 Å². The second-order valence-corrected chi connectivity index (χ2v) is 6.14. The Hall–Kier alpha value is -2.47. The molecule has 1 fully saturated rings. The minimum Gasteiger partial charge on any atom is -0.370 e. The van der Waals surface area contributed by atoms with Gasteiger partial charge in [0.05, 0.1) is 18.3 Å². The number of halogens is 2. The number of hydrogen-bond donors (Lipinski definition) is 2. The molecule has 132 valence electrons. The molecule has 0 radical (unpaired) electrons. The fourth-order valence-electron chi connectivity index (χ4n) is 3.12. The number of guanidine groups is 1. The molecule has 25 heavy (non-hydrogen) atoms.